The number of rotatable bonds is 8. The summed E-state index contributed by atoms with van der Waals surface area (Å²) in [4.78, 5) is 11.9. The van der Waals surface area contributed by atoms with Crippen LogP contribution in [0.25, 0.3) is 0 Å². The molecule has 0 heterocycles. The molecule has 0 aromatic heterocycles. The lowest BCUT2D eigenvalue weighted by Gasteiger charge is -2.13. The molecule has 132 valence electrons. The second-order valence-corrected chi connectivity index (χ2v) is 4.85. The minimum Gasteiger partial charge on any atom is -0.497 e. The van der Waals surface area contributed by atoms with Crippen LogP contribution in [0, 0.1) is 0 Å². The normalized spacial score (nSPS) is 10.4. The van der Waals surface area contributed by atoms with E-state index in [0.29, 0.717) is 17.2 Å². The molecule has 0 aliphatic carbocycles. The second kappa shape index (κ2) is 9.17. The van der Waals surface area contributed by atoms with Crippen molar-refractivity contribution in [3.63, 3.8) is 0 Å². The third kappa shape index (κ3) is 5.13. The molecule has 7 nitrogen and oxygen atoms in total. The number of benzene rings is 2. The number of carbonyl (C=O) groups is 1. The standard InChI is InChI=1S/C18H20N2O5/c1-22-14-9-7-13(8-10-14)11-19-20-17(21)12-25-18-15(23-2)5-4-6-16(18)24-3/h4-11H,12H2,1-3H3,(H,20,21). The molecular formula is C18H20N2O5. The zero-order valence-corrected chi connectivity index (χ0v) is 14.3. The van der Waals surface area contributed by atoms with Crippen molar-refractivity contribution in [3.8, 4) is 23.0 Å². The van der Waals surface area contributed by atoms with E-state index in [1.54, 1.807) is 37.4 Å². The summed E-state index contributed by atoms with van der Waals surface area (Å²) in [5.74, 6) is 1.67. The van der Waals surface area contributed by atoms with E-state index in [-0.39, 0.29) is 6.61 Å². The number of para-hydroxylation sites is 1. The largest absolute Gasteiger partial charge is 0.497 e. The van der Waals surface area contributed by atoms with Crippen molar-refractivity contribution < 1.29 is 23.7 Å². The first-order valence-electron chi connectivity index (χ1n) is 7.47. The monoisotopic (exact) mass is 344 g/mol. The molecule has 0 atom stereocenters. The summed E-state index contributed by atoms with van der Waals surface area (Å²) >= 11 is 0. The first kappa shape index (κ1) is 18.1. The van der Waals surface area contributed by atoms with Gasteiger partial charge in [-0.15, -0.1) is 0 Å². The highest BCUT2D eigenvalue weighted by Gasteiger charge is 2.12. The molecule has 0 bridgehead atoms. The third-order valence-electron chi connectivity index (χ3n) is 3.25. The van der Waals surface area contributed by atoms with Crippen LogP contribution >= 0.6 is 0 Å². The molecule has 0 saturated heterocycles. The van der Waals surface area contributed by atoms with Gasteiger partial charge in [0.2, 0.25) is 5.75 Å². The van der Waals surface area contributed by atoms with Crippen molar-refractivity contribution in [2.75, 3.05) is 27.9 Å². The van der Waals surface area contributed by atoms with Crippen molar-refractivity contribution in [3.05, 3.63) is 48.0 Å². The number of hydrogen-bond donors (Lipinski definition) is 1. The minimum absolute atomic E-state index is 0.226. The van der Waals surface area contributed by atoms with E-state index in [4.69, 9.17) is 18.9 Å². The Labute approximate surface area is 146 Å². The lowest BCUT2D eigenvalue weighted by atomic mass is 10.2. The smallest absolute Gasteiger partial charge is 0.277 e. The molecule has 0 fully saturated rings. The number of carbonyl (C=O) groups excluding carboxylic acids is 1. The van der Waals surface area contributed by atoms with E-state index in [1.165, 1.54) is 20.4 Å². The Morgan fingerprint density at radius 1 is 1.00 bits per heavy atom. The Balaban J connectivity index is 1.89. The van der Waals surface area contributed by atoms with Crippen molar-refractivity contribution in [1.82, 2.24) is 5.43 Å². The molecule has 0 spiro atoms. The highest BCUT2D eigenvalue weighted by molar-refractivity contribution is 5.83. The predicted octanol–water partition coefficient (Wildman–Crippen LogP) is 2.24. The fraction of sp³-hybridized carbons (Fsp3) is 0.222. The van der Waals surface area contributed by atoms with Gasteiger partial charge in [-0.05, 0) is 42.0 Å². The number of hydrogen-bond acceptors (Lipinski definition) is 6. The van der Waals surface area contributed by atoms with Crippen LogP contribution in [0.1, 0.15) is 5.56 Å². The summed E-state index contributed by atoms with van der Waals surface area (Å²) in [6, 6.07) is 12.5. The Morgan fingerprint density at radius 2 is 1.64 bits per heavy atom. The quantitative estimate of drug-likeness (QED) is 0.587. The first-order chi connectivity index (χ1) is 12.2. The molecule has 1 amide bonds. The molecule has 0 aliphatic heterocycles. The molecule has 0 aliphatic rings. The van der Waals surface area contributed by atoms with E-state index in [9.17, 15) is 4.79 Å². The molecule has 0 radical (unpaired) electrons. The maximum Gasteiger partial charge on any atom is 0.277 e. The molecule has 1 N–H and O–H groups in total. The zero-order chi connectivity index (χ0) is 18.1. The Kier molecular flexibility index (Phi) is 6.65. The van der Waals surface area contributed by atoms with Gasteiger partial charge in [0.15, 0.2) is 18.1 Å². The lowest BCUT2D eigenvalue weighted by molar-refractivity contribution is -0.123. The van der Waals surface area contributed by atoms with Gasteiger partial charge in [-0.25, -0.2) is 5.43 Å². The van der Waals surface area contributed by atoms with E-state index in [1.807, 2.05) is 12.1 Å². The molecule has 2 rings (SSSR count). The van der Waals surface area contributed by atoms with E-state index in [2.05, 4.69) is 10.5 Å². The number of nitrogens with one attached hydrogen (secondary N) is 1. The number of hydrazone groups is 1. The van der Waals surface area contributed by atoms with Crippen molar-refractivity contribution in [1.29, 1.82) is 0 Å². The predicted molar refractivity (Wildman–Crippen MR) is 93.8 cm³/mol. The van der Waals surface area contributed by atoms with Crippen LogP contribution in [-0.2, 0) is 4.79 Å². The number of amides is 1. The zero-order valence-electron chi connectivity index (χ0n) is 14.3. The van der Waals surface area contributed by atoms with Crippen LogP contribution in [0.5, 0.6) is 23.0 Å². The van der Waals surface area contributed by atoms with Gasteiger partial charge in [0.05, 0.1) is 27.5 Å². The van der Waals surface area contributed by atoms with Crippen molar-refractivity contribution >= 4 is 12.1 Å². The molecule has 0 saturated carbocycles. The van der Waals surface area contributed by atoms with Crippen LogP contribution in [0.4, 0.5) is 0 Å². The van der Waals surface area contributed by atoms with Gasteiger partial charge in [0.1, 0.15) is 5.75 Å². The molecule has 7 heteroatoms. The number of methoxy groups -OCH3 is 3. The minimum atomic E-state index is -0.405. The summed E-state index contributed by atoms with van der Waals surface area (Å²) in [6.45, 7) is -0.226. The fourth-order valence-corrected chi connectivity index (χ4v) is 2.00. The Hall–Kier alpha value is -3.22. The molecule has 0 unspecified atom stereocenters. The summed E-state index contributed by atoms with van der Waals surface area (Å²) < 4.78 is 21.0. The van der Waals surface area contributed by atoms with Gasteiger partial charge in [-0.1, -0.05) is 6.07 Å². The van der Waals surface area contributed by atoms with Crippen molar-refractivity contribution in [2.24, 2.45) is 5.10 Å². The topological polar surface area (TPSA) is 78.4 Å². The van der Waals surface area contributed by atoms with Gasteiger partial charge in [-0.3, -0.25) is 4.79 Å². The fourth-order valence-electron chi connectivity index (χ4n) is 2.00. The van der Waals surface area contributed by atoms with Crippen LogP contribution in [0.3, 0.4) is 0 Å². The summed E-state index contributed by atoms with van der Waals surface area (Å²) in [7, 11) is 4.63. The maximum absolute atomic E-state index is 11.9. The second-order valence-electron chi connectivity index (χ2n) is 4.85. The number of ether oxygens (including phenoxy) is 4. The highest BCUT2D eigenvalue weighted by Crippen LogP contribution is 2.36. The van der Waals surface area contributed by atoms with Crippen LogP contribution in [-0.4, -0.2) is 40.1 Å². The first-order valence-corrected chi connectivity index (χ1v) is 7.47. The SMILES string of the molecule is COc1ccc(C=NNC(=O)COc2c(OC)cccc2OC)cc1. The third-order valence-corrected chi connectivity index (χ3v) is 3.25. The Morgan fingerprint density at radius 3 is 2.20 bits per heavy atom. The molecular weight excluding hydrogens is 324 g/mol. The van der Waals surface area contributed by atoms with Crippen LogP contribution < -0.4 is 24.4 Å². The average Bonchev–Trinajstić information content (AvgIpc) is 2.66. The molecule has 25 heavy (non-hydrogen) atoms. The van der Waals surface area contributed by atoms with Gasteiger partial charge < -0.3 is 18.9 Å². The molecule has 2 aromatic carbocycles. The maximum atomic E-state index is 11.9. The van der Waals surface area contributed by atoms with Gasteiger partial charge >= 0.3 is 0 Å². The summed E-state index contributed by atoms with van der Waals surface area (Å²) in [5.41, 5.74) is 3.22. The van der Waals surface area contributed by atoms with Crippen LogP contribution in [0.2, 0.25) is 0 Å². The summed E-state index contributed by atoms with van der Waals surface area (Å²) in [5, 5.41) is 3.89. The van der Waals surface area contributed by atoms with E-state index < -0.39 is 5.91 Å². The Bertz CT molecular complexity index is 706. The average molecular weight is 344 g/mol. The number of nitrogens with zero attached hydrogens (tertiary/aromatic N) is 1. The van der Waals surface area contributed by atoms with E-state index >= 15 is 0 Å². The van der Waals surface area contributed by atoms with Gasteiger partial charge in [-0.2, -0.15) is 5.10 Å². The highest BCUT2D eigenvalue weighted by atomic mass is 16.5. The van der Waals surface area contributed by atoms with Gasteiger partial charge in [0.25, 0.3) is 5.91 Å². The lowest BCUT2D eigenvalue weighted by Crippen LogP contribution is -2.24. The van der Waals surface area contributed by atoms with Crippen molar-refractivity contribution in [2.45, 2.75) is 0 Å². The van der Waals surface area contributed by atoms with Crippen LogP contribution in [0.15, 0.2) is 47.6 Å². The molecule has 2 aromatic rings. The van der Waals surface area contributed by atoms with Gasteiger partial charge in [0, 0.05) is 0 Å². The summed E-state index contributed by atoms with van der Waals surface area (Å²) in [6.07, 6.45) is 1.53. The van der Waals surface area contributed by atoms with E-state index in [0.717, 1.165) is 11.3 Å².